The lowest BCUT2D eigenvalue weighted by Gasteiger charge is -2.64. The van der Waals surface area contributed by atoms with Gasteiger partial charge in [-0.05, 0) is 61.8 Å². The summed E-state index contributed by atoms with van der Waals surface area (Å²) in [6.45, 7) is 6.02. The lowest BCUT2D eigenvalue weighted by molar-refractivity contribution is -0.204. The maximum Gasteiger partial charge on any atom is 0.166 e. The van der Waals surface area contributed by atoms with Crippen LogP contribution in [0.5, 0.6) is 11.5 Å². The predicted octanol–water partition coefficient (Wildman–Crippen LogP) is 2.00. The molecule has 5 atom stereocenters. The molecule has 1 aromatic carbocycles. The van der Waals surface area contributed by atoms with E-state index in [1.54, 1.807) is 6.07 Å². The molecule has 138 valence electrons. The number of phenolic OH excluding ortho intramolecular Hbond substituents is 1. The van der Waals surface area contributed by atoms with Gasteiger partial charge in [0.05, 0.1) is 23.2 Å². The van der Waals surface area contributed by atoms with Crippen molar-refractivity contribution >= 4 is 0 Å². The van der Waals surface area contributed by atoms with Gasteiger partial charge in [-0.2, -0.15) is 0 Å². The van der Waals surface area contributed by atoms with E-state index in [2.05, 4.69) is 11.5 Å². The highest BCUT2D eigenvalue weighted by Gasteiger charge is 2.73. The highest BCUT2D eigenvalue weighted by molar-refractivity contribution is 5.64. The van der Waals surface area contributed by atoms with Crippen molar-refractivity contribution in [2.45, 2.75) is 61.4 Å². The zero-order chi connectivity index (χ0) is 17.8. The van der Waals surface area contributed by atoms with Gasteiger partial charge in [-0.3, -0.25) is 4.90 Å². The van der Waals surface area contributed by atoms with Gasteiger partial charge in [-0.1, -0.05) is 12.6 Å². The summed E-state index contributed by atoms with van der Waals surface area (Å²) in [6.07, 6.45) is 3.46. The van der Waals surface area contributed by atoms with Gasteiger partial charge in [-0.15, -0.1) is 0 Å². The first-order valence-corrected chi connectivity index (χ1v) is 9.82. The minimum Gasteiger partial charge on any atom is -0.504 e. The molecule has 0 radical (unpaired) electrons. The molecule has 3 fully saturated rings. The van der Waals surface area contributed by atoms with Gasteiger partial charge in [0.1, 0.15) is 6.10 Å². The summed E-state index contributed by atoms with van der Waals surface area (Å²) in [7, 11) is 0. The van der Waals surface area contributed by atoms with E-state index < -0.39 is 17.1 Å². The third-order valence-electron chi connectivity index (χ3n) is 7.75. The minimum absolute atomic E-state index is 0.0914. The lowest BCUT2D eigenvalue weighted by Crippen LogP contribution is -2.76. The van der Waals surface area contributed by atoms with E-state index in [1.165, 1.54) is 12.8 Å². The summed E-state index contributed by atoms with van der Waals surface area (Å²) < 4.78 is 6.22. The van der Waals surface area contributed by atoms with Crippen molar-refractivity contribution in [3.8, 4) is 11.5 Å². The Morgan fingerprint density at radius 3 is 2.85 bits per heavy atom. The fourth-order valence-electron chi connectivity index (χ4n) is 6.46. The second kappa shape index (κ2) is 4.64. The van der Waals surface area contributed by atoms with Crippen LogP contribution >= 0.6 is 0 Å². The summed E-state index contributed by atoms with van der Waals surface area (Å²) >= 11 is 0. The van der Waals surface area contributed by atoms with E-state index in [0.29, 0.717) is 24.5 Å². The Balaban J connectivity index is 1.61. The molecule has 6 rings (SSSR count). The standard InChI is InChI=1S/C21H25NO4/c1-11-6-7-21(25)18-16(24)13-4-5-14(23)17-15(13)20(21,19(11)26-17)8-9-22(18)10-12-2-3-12/h4-5,12,16,18-19,23-25H,1-3,6-10H2/t16?,18-,19+,20+,21-/m1/s1. The maximum atomic E-state index is 12.1. The number of rotatable bonds is 2. The van der Waals surface area contributed by atoms with Crippen LogP contribution in [0.15, 0.2) is 24.3 Å². The fourth-order valence-corrected chi connectivity index (χ4v) is 6.46. The number of aliphatic hydroxyl groups is 2. The summed E-state index contributed by atoms with van der Waals surface area (Å²) in [5, 5.41) is 33.8. The van der Waals surface area contributed by atoms with Crippen LogP contribution in [0.4, 0.5) is 0 Å². The van der Waals surface area contributed by atoms with Crippen LogP contribution < -0.4 is 4.74 Å². The molecule has 2 saturated carbocycles. The van der Waals surface area contributed by atoms with E-state index in [1.807, 2.05) is 6.07 Å². The number of nitrogens with zero attached hydrogens (tertiary/aromatic N) is 1. The van der Waals surface area contributed by atoms with Crippen molar-refractivity contribution in [1.82, 2.24) is 4.90 Å². The van der Waals surface area contributed by atoms with Crippen LogP contribution in [0.1, 0.15) is 49.3 Å². The number of hydrogen-bond acceptors (Lipinski definition) is 5. The zero-order valence-electron chi connectivity index (χ0n) is 14.8. The predicted molar refractivity (Wildman–Crippen MR) is 95.2 cm³/mol. The van der Waals surface area contributed by atoms with Crippen LogP contribution in [0.25, 0.3) is 0 Å². The molecule has 5 aliphatic rings. The van der Waals surface area contributed by atoms with Gasteiger partial charge in [-0.25, -0.2) is 0 Å². The van der Waals surface area contributed by atoms with Crippen molar-refractivity contribution in [1.29, 1.82) is 0 Å². The molecular formula is C21H25NO4. The van der Waals surface area contributed by atoms with Crippen molar-refractivity contribution in [2.75, 3.05) is 13.1 Å². The molecule has 5 heteroatoms. The van der Waals surface area contributed by atoms with Crippen LogP contribution in [0, 0.1) is 5.92 Å². The molecule has 1 unspecified atom stereocenters. The Morgan fingerprint density at radius 2 is 2.08 bits per heavy atom. The van der Waals surface area contributed by atoms with E-state index in [-0.39, 0.29) is 17.9 Å². The summed E-state index contributed by atoms with van der Waals surface area (Å²) in [5.74, 6) is 1.24. The monoisotopic (exact) mass is 355 g/mol. The highest BCUT2D eigenvalue weighted by atomic mass is 16.5. The summed E-state index contributed by atoms with van der Waals surface area (Å²) in [6, 6.07) is 3.11. The van der Waals surface area contributed by atoms with Gasteiger partial charge in [0.2, 0.25) is 0 Å². The molecule has 5 nitrogen and oxygen atoms in total. The first-order chi connectivity index (χ1) is 12.5. The Labute approximate surface area is 152 Å². The van der Waals surface area contributed by atoms with Crippen LogP contribution in [0.2, 0.25) is 0 Å². The number of phenols is 1. The third kappa shape index (κ3) is 1.56. The van der Waals surface area contributed by atoms with Gasteiger partial charge < -0.3 is 20.1 Å². The van der Waals surface area contributed by atoms with E-state index in [0.717, 1.165) is 36.2 Å². The molecular weight excluding hydrogens is 330 g/mol. The van der Waals surface area contributed by atoms with E-state index in [4.69, 9.17) is 4.74 Å². The summed E-state index contributed by atoms with van der Waals surface area (Å²) in [5.41, 5.74) is 0.973. The molecule has 1 saturated heterocycles. The lowest BCUT2D eigenvalue weighted by atomic mass is 9.48. The largest absolute Gasteiger partial charge is 0.504 e. The molecule has 2 bridgehead atoms. The molecule has 0 aromatic heterocycles. The smallest absolute Gasteiger partial charge is 0.166 e. The van der Waals surface area contributed by atoms with Gasteiger partial charge >= 0.3 is 0 Å². The van der Waals surface area contributed by atoms with E-state index >= 15 is 0 Å². The van der Waals surface area contributed by atoms with Crippen molar-refractivity contribution < 1.29 is 20.1 Å². The number of aliphatic hydroxyl groups excluding tert-OH is 1. The Hall–Kier alpha value is -1.56. The molecule has 3 N–H and O–H groups in total. The topological polar surface area (TPSA) is 73.2 Å². The normalized spacial score (nSPS) is 43.2. The minimum atomic E-state index is -1.06. The second-order valence-corrected chi connectivity index (χ2v) is 9.01. The average Bonchev–Trinajstić information content (AvgIpc) is 3.35. The summed E-state index contributed by atoms with van der Waals surface area (Å²) in [4.78, 5) is 2.33. The Kier molecular flexibility index (Phi) is 2.76. The number of piperidine rings is 1. The number of likely N-dealkylation sites (tertiary alicyclic amines) is 1. The molecule has 1 spiro atoms. The molecule has 0 amide bonds. The van der Waals surface area contributed by atoms with Crippen molar-refractivity contribution in [2.24, 2.45) is 5.92 Å². The highest BCUT2D eigenvalue weighted by Crippen LogP contribution is 2.68. The fraction of sp³-hybridized carbons (Fsp3) is 0.619. The van der Waals surface area contributed by atoms with Gasteiger partial charge in [0.25, 0.3) is 0 Å². The Bertz CT molecular complexity index is 834. The molecule has 26 heavy (non-hydrogen) atoms. The van der Waals surface area contributed by atoms with Crippen molar-refractivity contribution in [3.63, 3.8) is 0 Å². The zero-order valence-corrected chi connectivity index (χ0v) is 14.8. The Morgan fingerprint density at radius 1 is 1.27 bits per heavy atom. The quantitative estimate of drug-likeness (QED) is 0.708. The third-order valence-corrected chi connectivity index (χ3v) is 7.75. The number of aromatic hydroxyl groups is 1. The van der Waals surface area contributed by atoms with Gasteiger partial charge in [0.15, 0.2) is 11.5 Å². The number of hydrogen-bond donors (Lipinski definition) is 3. The molecule has 3 aliphatic carbocycles. The second-order valence-electron chi connectivity index (χ2n) is 9.01. The first-order valence-electron chi connectivity index (χ1n) is 9.82. The number of ether oxygens (including phenoxy) is 1. The molecule has 2 aliphatic heterocycles. The van der Waals surface area contributed by atoms with Gasteiger partial charge in [0, 0.05) is 12.1 Å². The van der Waals surface area contributed by atoms with Crippen LogP contribution in [-0.2, 0) is 5.41 Å². The van der Waals surface area contributed by atoms with E-state index in [9.17, 15) is 15.3 Å². The number of benzene rings is 1. The van der Waals surface area contributed by atoms with Crippen LogP contribution in [-0.4, -0.2) is 51.1 Å². The van der Waals surface area contributed by atoms with Crippen LogP contribution in [0.3, 0.4) is 0 Å². The molecule has 1 aromatic rings. The average molecular weight is 355 g/mol. The van der Waals surface area contributed by atoms with Crippen molar-refractivity contribution in [3.05, 3.63) is 35.4 Å². The first kappa shape index (κ1) is 15.5. The molecule has 2 heterocycles. The maximum absolute atomic E-state index is 12.1. The SMILES string of the molecule is C=C1CC[C@@]2(O)[C@H]3C(O)c4ccc(O)c5c4[C@@]2(CCN3CC2CC2)[C@H]1O5.